The highest BCUT2D eigenvalue weighted by atomic mass is 16.3. The van der Waals surface area contributed by atoms with Crippen molar-refractivity contribution in [1.82, 2.24) is 0 Å². The molecule has 2 heterocycles. The van der Waals surface area contributed by atoms with Crippen molar-refractivity contribution in [2.24, 2.45) is 5.41 Å². The van der Waals surface area contributed by atoms with Gasteiger partial charge in [-0.15, -0.1) is 18.2 Å². The first kappa shape index (κ1) is 26.0. The molecule has 0 bridgehead atoms. The van der Waals surface area contributed by atoms with E-state index in [-0.39, 0.29) is 5.41 Å². The highest BCUT2D eigenvalue weighted by molar-refractivity contribution is 6.06. The normalized spacial score (nSPS) is 14.1. The molecule has 1 aromatic heterocycles. The van der Waals surface area contributed by atoms with Crippen LogP contribution in [0, 0.1) is 18.4 Å². The van der Waals surface area contributed by atoms with Gasteiger partial charge in [-0.2, -0.15) is 0 Å². The van der Waals surface area contributed by atoms with E-state index in [1.54, 1.807) is 0 Å². The standard InChI is InChI=1S/C38H37NO/c1-25-17-36-34(22-33(25)35-20-31(23-38(3,4)5)26(2)24-39(35)6)32-16-15-30(21-37(32)40-36)29-14-10-13-28(19-29)18-27-11-8-7-9-12-27/h7-17,19-22,24H,6,18,23H2,1-5H3. The predicted octanol–water partition coefficient (Wildman–Crippen LogP) is 10.0. The van der Waals surface area contributed by atoms with Crippen LogP contribution in [0.25, 0.3) is 33.1 Å². The van der Waals surface area contributed by atoms with Crippen LogP contribution in [0.2, 0.25) is 0 Å². The maximum absolute atomic E-state index is 6.43. The summed E-state index contributed by atoms with van der Waals surface area (Å²) in [7, 11) is 0. The number of nitrogens with zero attached hydrogens (tertiary/aromatic N) is 1. The molecule has 0 saturated heterocycles. The van der Waals surface area contributed by atoms with Crippen molar-refractivity contribution in [2.75, 3.05) is 0 Å². The summed E-state index contributed by atoms with van der Waals surface area (Å²) in [5, 5.41) is 2.27. The van der Waals surface area contributed by atoms with Gasteiger partial charge in [-0.1, -0.05) is 105 Å². The molecule has 0 fully saturated rings. The van der Waals surface area contributed by atoms with Gasteiger partial charge in [0.2, 0.25) is 0 Å². The lowest BCUT2D eigenvalue weighted by Crippen LogP contribution is -2.19. The summed E-state index contributed by atoms with van der Waals surface area (Å²) in [4.78, 5) is 0. The molecule has 0 N–H and O–H groups in total. The minimum absolute atomic E-state index is 0.216. The molecule has 200 valence electrons. The molecule has 0 unspecified atom stereocenters. The first-order valence-corrected chi connectivity index (χ1v) is 14.1. The minimum atomic E-state index is 0.216. The summed E-state index contributed by atoms with van der Waals surface area (Å²) in [5.41, 5.74) is 12.1. The third-order valence-electron chi connectivity index (χ3n) is 7.80. The topological polar surface area (TPSA) is 14.3 Å². The molecule has 40 heavy (non-hydrogen) atoms. The van der Waals surface area contributed by atoms with Crippen molar-refractivity contribution < 1.29 is 8.99 Å². The minimum Gasteiger partial charge on any atom is -0.287 e. The Labute approximate surface area is 238 Å². The van der Waals surface area contributed by atoms with Crippen LogP contribution in [0.4, 0.5) is 0 Å². The Morgan fingerprint density at radius 2 is 1.62 bits per heavy atom. The van der Waals surface area contributed by atoms with E-state index in [1.165, 1.54) is 44.5 Å². The number of rotatable bonds is 5. The maximum Gasteiger partial charge on any atom is 0.278 e. The number of aryl methyl sites for hydroxylation is 1. The van der Waals surface area contributed by atoms with Gasteiger partial charge in [0, 0.05) is 0 Å². The highest BCUT2D eigenvalue weighted by Crippen LogP contribution is 2.39. The number of allylic oxidation sites excluding steroid dienone is 2. The van der Waals surface area contributed by atoms with Crippen molar-refractivity contribution in [3.63, 3.8) is 0 Å². The Kier molecular flexibility index (Phi) is 6.50. The zero-order valence-corrected chi connectivity index (χ0v) is 24.2. The Morgan fingerprint density at radius 3 is 2.40 bits per heavy atom. The lowest BCUT2D eigenvalue weighted by Gasteiger charge is -2.28. The molecule has 2 nitrogen and oxygen atoms in total. The number of hydrogen-bond acceptors (Lipinski definition) is 0. The van der Waals surface area contributed by atoms with Gasteiger partial charge in [0.05, 0.1) is 6.72 Å². The van der Waals surface area contributed by atoms with Crippen LogP contribution in [0.5, 0.6) is 0 Å². The molecule has 6 rings (SSSR count). The smallest absolute Gasteiger partial charge is 0.278 e. The largest absolute Gasteiger partial charge is 0.287 e. The van der Waals surface area contributed by atoms with Gasteiger partial charge in [0.1, 0.15) is 12.2 Å². The fourth-order valence-corrected chi connectivity index (χ4v) is 5.81. The van der Waals surface area contributed by atoms with E-state index >= 15 is 0 Å². The van der Waals surface area contributed by atoms with E-state index in [0.29, 0.717) is 0 Å². The first-order valence-electron chi connectivity index (χ1n) is 14.1. The highest BCUT2D eigenvalue weighted by Gasteiger charge is 2.24. The quantitative estimate of drug-likeness (QED) is 0.127. The van der Waals surface area contributed by atoms with Crippen molar-refractivity contribution in [3.05, 3.63) is 137 Å². The van der Waals surface area contributed by atoms with Gasteiger partial charge in [-0.25, -0.2) is 0 Å². The molecular weight excluding hydrogens is 486 g/mol. The molecule has 1 aliphatic rings. The molecule has 5 aromatic rings. The number of benzene rings is 4. The zero-order chi connectivity index (χ0) is 28.0. The summed E-state index contributed by atoms with van der Waals surface area (Å²) >= 11 is 0. The molecule has 0 saturated carbocycles. The lowest BCUT2D eigenvalue weighted by atomic mass is 9.83. The van der Waals surface area contributed by atoms with E-state index in [9.17, 15) is 0 Å². The van der Waals surface area contributed by atoms with E-state index in [0.717, 1.165) is 40.8 Å². The van der Waals surface area contributed by atoms with Crippen LogP contribution in [-0.4, -0.2) is 11.3 Å². The van der Waals surface area contributed by atoms with E-state index in [4.69, 9.17) is 4.42 Å². The maximum atomic E-state index is 6.43. The Balaban J connectivity index is 1.37. The predicted molar refractivity (Wildman–Crippen MR) is 169 cm³/mol. The van der Waals surface area contributed by atoms with Crippen molar-refractivity contribution in [2.45, 2.75) is 47.5 Å². The number of hydrogen-bond donors (Lipinski definition) is 0. The monoisotopic (exact) mass is 523 g/mol. The zero-order valence-electron chi connectivity index (χ0n) is 24.2. The summed E-state index contributed by atoms with van der Waals surface area (Å²) in [6.45, 7) is 15.6. The van der Waals surface area contributed by atoms with E-state index in [1.807, 2.05) is 4.58 Å². The number of fused-ring (bicyclic) bond motifs is 3. The van der Waals surface area contributed by atoms with Crippen LogP contribution >= 0.6 is 0 Å². The van der Waals surface area contributed by atoms with Crippen LogP contribution in [0.3, 0.4) is 0 Å². The first-order chi connectivity index (χ1) is 19.1. The van der Waals surface area contributed by atoms with Crippen LogP contribution in [-0.2, 0) is 6.42 Å². The summed E-state index contributed by atoms with van der Waals surface area (Å²) in [6.07, 6.45) is 6.43. The van der Waals surface area contributed by atoms with Gasteiger partial charge in [0.15, 0.2) is 0 Å². The van der Waals surface area contributed by atoms with E-state index in [2.05, 4.69) is 139 Å². The average Bonchev–Trinajstić information content (AvgIpc) is 3.26. The third-order valence-corrected chi connectivity index (χ3v) is 7.80. The molecule has 2 heteroatoms. The molecule has 0 amide bonds. The van der Waals surface area contributed by atoms with E-state index < -0.39 is 0 Å². The van der Waals surface area contributed by atoms with Crippen LogP contribution in [0.15, 0.2) is 113 Å². The summed E-state index contributed by atoms with van der Waals surface area (Å²) in [6, 6.07) is 31.6. The molecule has 0 radical (unpaired) electrons. The second kappa shape index (κ2) is 10.0. The Morgan fingerprint density at radius 1 is 0.850 bits per heavy atom. The third kappa shape index (κ3) is 5.14. The number of furan rings is 1. The Bertz CT molecular complexity index is 1810. The van der Waals surface area contributed by atoms with Gasteiger partial charge >= 0.3 is 0 Å². The molecule has 0 atom stereocenters. The van der Waals surface area contributed by atoms with Gasteiger partial charge < -0.3 is 0 Å². The molecule has 1 aliphatic heterocycles. The van der Waals surface area contributed by atoms with Crippen molar-refractivity contribution >= 4 is 28.7 Å². The van der Waals surface area contributed by atoms with Crippen molar-refractivity contribution in [1.29, 1.82) is 0 Å². The van der Waals surface area contributed by atoms with Gasteiger partial charge in [-0.05, 0) is 76.4 Å². The fourth-order valence-electron chi connectivity index (χ4n) is 5.81. The second-order valence-electron chi connectivity index (χ2n) is 12.4. The SMILES string of the molecule is C=[N+]1C=C(C)C(CC(C)(C)C)=C[C-]1c1cc2c(cc1C)[o+][c-]1cc(-c3cccc(Cc4ccccc4)c3)ccc21. The Hall–Kier alpha value is -4.30. The molecule has 0 aliphatic carbocycles. The van der Waals surface area contributed by atoms with Crippen LogP contribution in [0.1, 0.15) is 56.4 Å². The molecular formula is C38H37NO. The van der Waals surface area contributed by atoms with Gasteiger partial charge in [0.25, 0.3) is 11.2 Å². The summed E-state index contributed by atoms with van der Waals surface area (Å²) < 4.78 is 8.44. The van der Waals surface area contributed by atoms with Crippen molar-refractivity contribution in [3.8, 4) is 11.1 Å². The second-order valence-corrected chi connectivity index (χ2v) is 12.4. The fraction of sp³-hybridized carbons (Fsp3) is 0.211. The molecule has 4 aromatic carbocycles. The molecule has 0 spiro atoms. The lowest BCUT2D eigenvalue weighted by molar-refractivity contribution is -0.419. The average molecular weight is 524 g/mol. The van der Waals surface area contributed by atoms with Crippen LogP contribution < -0.4 is 0 Å². The summed E-state index contributed by atoms with van der Waals surface area (Å²) in [5.74, 6) is 0. The van der Waals surface area contributed by atoms with Gasteiger partial charge in [-0.3, -0.25) is 8.99 Å².